The molecule has 8 nitrogen and oxygen atoms in total. The number of carbonyl (C=O) groups excluding carboxylic acids is 1. The number of fused-ring (bicyclic) bond motifs is 1. The maximum absolute atomic E-state index is 12.6. The number of benzene rings is 1. The number of hydrogen-bond acceptors (Lipinski definition) is 5. The Labute approximate surface area is 158 Å². The van der Waals surface area contributed by atoms with E-state index in [4.69, 9.17) is 15.5 Å². The van der Waals surface area contributed by atoms with Crippen LogP contribution >= 0.6 is 0 Å². The average Bonchev–Trinajstić information content (AvgIpc) is 3.39. The molecule has 1 aromatic carbocycles. The molecule has 0 unspecified atom stereocenters. The van der Waals surface area contributed by atoms with E-state index in [0.717, 1.165) is 41.1 Å². The molecule has 27 heavy (non-hydrogen) atoms. The number of aliphatic imine (C=N–C) groups is 1. The van der Waals surface area contributed by atoms with Crippen LogP contribution in [0.15, 0.2) is 29.5 Å². The van der Waals surface area contributed by atoms with E-state index in [-0.39, 0.29) is 6.03 Å². The van der Waals surface area contributed by atoms with Crippen LogP contribution in [-0.4, -0.2) is 53.3 Å². The summed E-state index contributed by atoms with van der Waals surface area (Å²) in [7, 11) is 3.53. The van der Waals surface area contributed by atoms with Gasteiger partial charge >= 0.3 is 6.03 Å². The largest absolute Gasteiger partial charge is 0.496 e. The number of amidine groups is 1. The Hall–Kier alpha value is -2.87. The molecule has 1 atom stereocenters. The molecule has 2 amide bonds. The van der Waals surface area contributed by atoms with Crippen LogP contribution in [0.25, 0.3) is 11.1 Å². The summed E-state index contributed by atoms with van der Waals surface area (Å²) < 4.78 is 7.26. The van der Waals surface area contributed by atoms with Crippen LogP contribution in [0.1, 0.15) is 12.0 Å². The molecule has 2 aliphatic rings. The third-order valence-electron chi connectivity index (χ3n) is 5.22. The summed E-state index contributed by atoms with van der Waals surface area (Å²) in [6.07, 6.45) is 5.25. The number of likely N-dealkylation sites (tertiary alicyclic amines) is 1. The summed E-state index contributed by atoms with van der Waals surface area (Å²) in [6.45, 7) is 2.05. The molecule has 142 valence electrons. The number of aromatic nitrogens is 2. The lowest BCUT2D eigenvalue weighted by Gasteiger charge is -2.17. The maximum atomic E-state index is 12.6. The smallest absolute Gasteiger partial charge is 0.322 e. The molecule has 0 bridgehead atoms. The van der Waals surface area contributed by atoms with Crippen molar-refractivity contribution in [2.24, 2.45) is 23.7 Å². The first-order chi connectivity index (χ1) is 13.1. The first kappa shape index (κ1) is 17.5. The lowest BCUT2D eigenvalue weighted by Crippen LogP contribution is -2.42. The summed E-state index contributed by atoms with van der Waals surface area (Å²) in [5.41, 5.74) is 9.50. The van der Waals surface area contributed by atoms with Crippen molar-refractivity contribution in [3.63, 3.8) is 0 Å². The fourth-order valence-corrected chi connectivity index (χ4v) is 3.73. The van der Waals surface area contributed by atoms with Gasteiger partial charge in [-0.05, 0) is 31.0 Å². The van der Waals surface area contributed by atoms with Crippen LogP contribution in [-0.2, 0) is 13.5 Å². The van der Waals surface area contributed by atoms with Crippen LogP contribution in [0.3, 0.4) is 0 Å². The summed E-state index contributed by atoms with van der Waals surface area (Å²) >= 11 is 0. The Bertz CT molecular complexity index is 904. The molecule has 1 fully saturated rings. The van der Waals surface area contributed by atoms with Gasteiger partial charge in [-0.25, -0.2) is 9.79 Å². The number of amides is 2. The van der Waals surface area contributed by atoms with Gasteiger partial charge in [0.15, 0.2) is 0 Å². The van der Waals surface area contributed by atoms with E-state index in [1.807, 2.05) is 36.5 Å². The number of nitrogens with one attached hydrogen (secondary N) is 1. The van der Waals surface area contributed by atoms with E-state index in [0.29, 0.717) is 31.3 Å². The van der Waals surface area contributed by atoms with Gasteiger partial charge in [0.05, 0.1) is 19.0 Å². The van der Waals surface area contributed by atoms with Gasteiger partial charge in [-0.2, -0.15) is 5.10 Å². The molecule has 0 saturated carbocycles. The van der Waals surface area contributed by atoms with Gasteiger partial charge in [0, 0.05) is 49.4 Å². The summed E-state index contributed by atoms with van der Waals surface area (Å²) in [5, 5.41) is 7.21. The molecule has 4 rings (SSSR count). The summed E-state index contributed by atoms with van der Waals surface area (Å²) in [6, 6.07) is 3.81. The lowest BCUT2D eigenvalue weighted by atomic mass is 10.0. The topological polar surface area (TPSA) is 97.8 Å². The number of nitrogens with zero attached hydrogens (tertiary/aromatic N) is 4. The number of hydrogen-bond donors (Lipinski definition) is 2. The number of aryl methyl sites for hydroxylation is 1. The Balaban J connectivity index is 1.58. The molecular weight excluding hydrogens is 344 g/mol. The standard InChI is InChI=1S/C19H24N6O2/c1-24-11-13(9-21-24)14-3-4-16(27-2)15-7-17(22-18(14)15)23-19(26)25-6-5-12(8-20)10-25/h3-4,9,11-12H,5-8,10,20H2,1-2H3,(H,22,23,26)/t12-/m0/s1. The summed E-state index contributed by atoms with van der Waals surface area (Å²) in [5.74, 6) is 1.80. The molecule has 8 heteroatoms. The first-order valence-electron chi connectivity index (χ1n) is 9.11. The van der Waals surface area contributed by atoms with Gasteiger partial charge in [-0.1, -0.05) is 0 Å². The minimum absolute atomic E-state index is 0.112. The fourth-order valence-electron chi connectivity index (χ4n) is 3.73. The van der Waals surface area contributed by atoms with Crippen molar-refractivity contribution in [2.45, 2.75) is 12.8 Å². The second kappa shape index (κ2) is 7.03. The predicted octanol–water partition coefficient (Wildman–Crippen LogP) is 1.67. The van der Waals surface area contributed by atoms with E-state index in [1.165, 1.54) is 0 Å². The van der Waals surface area contributed by atoms with E-state index in [1.54, 1.807) is 11.8 Å². The number of urea groups is 1. The zero-order valence-corrected chi connectivity index (χ0v) is 15.6. The van der Waals surface area contributed by atoms with Gasteiger partial charge in [0.25, 0.3) is 0 Å². The van der Waals surface area contributed by atoms with Gasteiger partial charge in [0.1, 0.15) is 11.6 Å². The van der Waals surface area contributed by atoms with E-state index < -0.39 is 0 Å². The Morgan fingerprint density at radius 1 is 1.44 bits per heavy atom. The van der Waals surface area contributed by atoms with Gasteiger partial charge in [-0.15, -0.1) is 0 Å². The fraction of sp³-hybridized carbons (Fsp3) is 0.421. The molecular formula is C19H24N6O2. The van der Waals surface area contributed by atoms with E-state index >= 15 is 0 Å². The summed E-state index contributed by atoms with van der Waals surface area (Å²) in [4.78, 5) is 19.1. The van der Waals surface area contributed by atoms with Gasteiger partial charge < -0.3 is 15.4 Å². The van der Waals surface area contributed by atoms with Crippen LogP contribution < -0.4 is 15.8 Å². The van der Waals surface area contributed by atoms with Crippen molar-refractivity contribution in [2.75, 3.05) is 26.7 Å². The monoisotopic (exact) mass is 368 g/mol. The Morgan fingerprint density at radius 3 is 2.96 bits per heavy atom. The molecule has 3 heterocycles. The molecule has 1 aromatic heterocycles. The third-order valence-corrected chi connectivity index (χ3v) is 5.22. The highest BCUT2D eigenvalue weighted by molar-refractivity contribution is 6.04. The SMILES string of the molecule is COc1ccc(-c2cnn(C)c2)c2c1CC(NC(=O)N1CC[C@@H](CN)C1)=N2. The lowest BCUT2D eigenvalue weighted by molar-refractivity contribution is 0.212. The van der Waals surface area contributed by atoms with Crippen molar-refractivity contribution >= 4 is 17.6 Å². The Morgan fingerprint density at radius 2 is 2.30 bits per heavy atom. The zero-order chi connectivity index (χ0) is 19.0. The Kier molecular flexibility index (Phi) is 4.57. The average molecular weight is 368 g/mol. The highest BCUT2D eigenvalue weighted by Crippen LogP contribution is 2.41. The quantitative estimate of drug-likeness (QED) is 0.861. The molecule has 0 spiro atoms. The van der Waals surface area contributed by atoms with E-state index in [9.17, 15) is 4.79 Å². The van der Waals surface area contributed by atoms with Crippen LogP contribution in [0.4, 0.5) is 10.5 Å². The highest BCUT2D eigenvalue weighted by Gasteiger charge is 2.28. The first-order valence-corrected chi connectivity index (χ1v) is 9.11. The number of rotatable bonds is 3. The van der Waals surface area contributed by atoms with Gasteiger partial charge in [-0.3, -0.25) is 10.00 Å². The molecule has 1 saturated heterocycles. The van der Waals surface area contributed by atoms with Gasteiger partial charge in [0.2, 0.25) is 0 Å². The van der Waals surface area contributed by atoms with Crippen molar-refractivity contribution in [1.82, 2.24) is 20.0 Å². The second-order valence-corrected chi connectivity index (χ2v) is 7.05. The second-order valence-electron chi connectivity index (χ2n) is 7.05. The van der Waals surface area contributed by atoms with Crippen molar-refractivity contribution in [3.8, 4) is 16.9 Å². The van der Waals surface area contributed by atoms with Crippen molar-refractivity contribution in [3.05, 3.63) is 30.1 Å². The zero-order valence-electron chi connectivity index (χ0n) is 15.6. The predicted molar refractivity (Wildman–Crippen MR) is 103 cm³/mol. The van der Waals surface area contributed by atoms with Crippen LogP contribution in [0.5, 0.6) is 5.75 Å². The minimum atomic E-state index is -0.112. The molecule has 3 N–H and O–H groups in total. The molecule has 2 aromatic rings. The van der Waals surface area contributed by atoms with E-state index in [2.05, 4.69) is 10.4 Å². The molecule has 0 radical (unpaired) electrons. The normalized spacial score (nSPS) is 18.4. The highest BCUT2D eigenvalue weighted by atomic mass is 16.5. The van der Waals surface area contributed by atoms with Crippen molar-refractivity contribution in [1.29, 1.82) is 0 Å². The molecule has 0 aliphatic carbocycles. The maximum Gasteiger partial charge on any atom is 0.322 e. The minimum Gasteiger partial charge on any atom is -0.496 e. The van der Waals surface area contributed by atoms with Crippen molar-refractivity contribution < 1.29 is 9.53 Å². The van der Waals surface area contributed by atoms with Crippen LogP contribution in [0.2, 0.25) is 0 Å². The number of carbonyl (C=O) groups is 1. The number of methoxy groups -OCH3 is 1. The third kappa shape index (κ3) is 3.28. The van der Waals surface area contributed by atoms with Crippen LogP contribution in [0, 0.1) is 5.92 Å². The number of nitrogens with two attached hydrogens (primary N) is 1. The number of ether oxygens (including phenoxy) is 1. The molecule has 2 aliphatic heterocycles.